The van der Waals surface area contributed by atoms with Crippen molar-refractivity contribution in [3.63, 3.8) is 0 Å². The normalized spacial score (nSPS) is 10.3. The standard InChI is InChI=1S/C12H12FN3O/c1-8-3-4-9(10(13)7-8)12(17)15-11-5-6-14-16(11)2/h3-7H,1-2H3,(H,15,17). The Balaban J connectivity index is 2.23. The predicted molar refractivity (Wildman–Crippen MR) is 62.3 cm³/mol. The van der Waals surface area contributed by atoms with Crippen LogP contribution in [0, 0.1) is 12.7 Å². The van der Waals surface area contributed by atoms with E-state index in [-0.39, 0.29) is 5.56 Å². The maximum atomic E-state index is 13.5. The third-order valence-corrected chi connectivity index (χ3v) is 2.43. The highest BCUT2D eigenvalue weighted by molar-refractivity contribution is 6.04. The van der Waals surface area contributed by atoms with E-state index < -0.39 is 11.7 Å². The summed E-state index contributed by atoms with van der Waals surface area (Å²) in [4.78, 5) is 11.8. The summed E-state index contributed by atoms with van der Waals surface area (Å²) in [6.07, 6.45) is 1.56. The van der Waals surface area contributed by atoms with Gasteiger partial charge in [0.25, 0.3) is 5.91 Å². The molecule has 0 fully saturated rings. The summed E-state index contributed by atoms with van der Waals surface area (Å²) in [5.74, 6) is -0.481. The number of rotatable bonds is 2. The van der Waals surface area contributed by atoms with Crippen LogP contribution in [0.3, 0.4) is 0 Å². The first kappa shape index (κ1) is 11.3. The van der Waals surface area contributed by atoms with E-state index in [2.05, 4.69) is 10.4 Å². The number of amides is 1. The monoisotopic (exact) mass is 233 g/mol. The first-order chi connectivity index (χ1) is 8.08. The minimum atomic E-state index is -0.523. The molecule has 0 aliphatic carbocycles. The second-order valence-electron chi connectivity index (χ2n) is 3.78. The zero-order valence-electron chi connectivity index (χ0n) is 9.57. The molecule has 2 aromatic rings. The quantitative estimate of drug-likeness (QED) is 0.863. The number of aromatic nitrogens is 2. The van der Waals surface area contributed by atoms with Crippen LogP contribution < -0.4 is 5.32 Å². The molecule has 0 saturated carbocycles. The van der Waals surface area contributed by atoms with E-state index in [0.717, 1.165) is 5.56 Å². The van der Waals surface area contributed by atoms with Crippen LogP contribution in [0.1, 0.15) is 15.9 Å². The molecule has 0 spiro atoms. The lowest BCUT2D eigenvalue weighted by Gasteiger charge is -2.06. The van der Waals surface area contributed by atoms with Gasteiger partial charge in [-0.2, -0.15) is 5.10 Å². The zero-order chi connectivity index (χ0) is 12.4. The highest BCUT2D eigenvalue weighted by atomic mass is 19.1. The van der Waals surface area contributed by atoms with Crippen molar-refractivity contribution in [2.24, 2.45) is 7.05 Å². The summed E-state index contributed by atoms with van der Waals surface area (Å²) in [5.41, 5.74) is 0.802. The van der Waals surface area contributed by atoms with E-state index in [9.17, 15) is 9.18 Å². The van der Waals surface area contributed by atoms with E-state index >= 15 is 0 Å². The van der Waals surface area contributed by atoms with Crippen LogP contribution in [0.15, 0.2) is 30.5 Å². The van der Waals surface area contributed by atoms with Crippen LogP contribution in [0.2, 0.25) is 0 Å². The van der Waals surface area contributed by atoms with Gasteiger partial charge in [0.15, 0.2) is 0 Å². The topological polar surface area (TPSA) is 46.9 Å². The number of hydrogen-bond donors (Lipinski definition) is 1. The van der Waals surface area contributed by atoms with Crippen LogP contribution in [0.25, 0.3) is 0 Å². The Kier molecular flexibility index (Phi) is 2.91. The van der Waals surface area contributed by atoms with Gasteiger partial charge in [-0.05, 0) is 24.6 Å². The van der Waals surface area contributed by atoms with Gasteiger partial charge in [0.2, 0.25) is 0 Å². The number of benzene rings is 1. The number of nitrogens with one attached hydrogen (secondary N) is 1. The van der Waals surface area contributed by atoms with Crippen LogP contribution in [-0.4, -0.2) is 15.7 Å². The number of anilines is 1. The first-order valence-electron chi connectivity index (χ1n) is 5.13. The molecular weight excluding hydrogens is 221 g/mol. The maximum Gasteiger partial charge on any atom is 0.259 e. The average molecular weight is 233 g/mol. The summed E-state index contributed by atoms with van der Waals surface area (Å²) in [7, 11) is 1.70. The van der Waals surface area contributed by atoms with Gasteiger partial charge in [0, 0.05) is 13.1 Å². The third kappa shape index (κ3) is 2.33. The number of aryl methyl sites for hydroxylation is 2. The SMILES string of the molecule is Cc1ccc(C(=O)Nc2ccnn2C)c(F)c1. The molecule has 0 saturated heterocycles. The van der Waals surface area contributed by atoms with E-state index in [1.807, 2.05) is 0 Å². The van der Waals surface area contributed by atoms with Crippen molar-refractivity contribution in [1.82, 2.24) is 9.78 Å². The molecule has 0 aliphatic rings. The van der Waals surface area contributed by atoms with E-state index in [1.165, 1.54) is 16.8 Å². The number of hydrogen-bond acceptors (Lipinski definition) is 2. The predicted octanol–water partition coefficient (Wildman–Crippen LogP) is 2.12. The first-order valence-corrected chi connectivity index (χ1v) is 5.13. The molecule has 17 heavy (non-hydrogen) atoms. The molecule has 88 valence electrons. The summed E-state index contributed by atoms with van der Waals surface area (Å²) in [5, 5.41) is 6.50. The van der Waals surface area contributed by atoms with Gasteiger partial charge in [-0.25, -0.2) is 4.39 Å². The van der Waals surface area contributed by atoms with Crippen LogP contribution in [-0.2, 0) is 7.05 Å². The second kappa shape index (κ2) is 4.37. The lowest BCUT2D eigenvalue weighted by Crippen LogP contribution is -2.16. The smallest absolute Gasteiger partial charge is 0.259 e. The van der Waals surface area contributed by atoms with Crippen molar-refractivity contribution in [2.45, 2.75) is 6.92 Å². The molecule has 1 amide bonds. The van der Waals surface area contributed by atoms with Crippen molar-refractivity contribution < 1.29 is 9.18 Å². The molecule has 5 heteroatoms. The lowest BCUT2D eigenvalue weighted by atomic mass is 10.1. The van der Waals surface area contributed by atoms with Crippen LogP contribution >= 0.6 is 0 Å². The Morgan fingerprint density at radius 3 is 2.76 bits per heavy atom. The minimum absolute atomic E-state index is 0.0248. The van der Waals surface area contributed by atoms with Gasteiger partial charge < -0.3 is 5.32 Å². The fraction of sp³-hybridized carbons (Fsp3) is 0.167. The Morgan fingerprint density at radius 1 is 1.41 bits per heavy atom. The highest BCUT2D eigenvalue weighted by Gasteiger charge is 2.12. The summed E-state index contributed by atoms with van der Waals surface area (Å²) >= 11 is 0. The fourth-order valence-corrected chi connectivity index (χ4v) is 1.48. The lowest BCUT2D eigenvalue weighted by molar-refractivity contribution is 0.102. The Hall–Kier alpha value is -2.17. The Labute approximate surface area is 98.1 Å². The molecule has 0 atom stereocenters. The minimum Gasteiger partial charge on any atom is -0.307 e. The summed E-state index contributed by atoms with van der Waals surface area (Å²) in [6.45, 7) is 1.77. The number of carbonyl (C=O) groups is 1. The van der Waals surface area contributed by atoms with Crippen molar-refractivity contribution in [2.75, 3.05) is 5.32 Å². The summed E-state index contributed by atoms with van der Waals surface area (Å²) < 4.78 is 15.1. The summed E-state index contributed by atoms with van der Waals surface area (Å²) in [6, 6.07) is 6.14. The number of halogens is 1. The van der Waals surface area contributed by atoms with Gasteiger partial charge in [0.1, 0.15) is 11.6 Å². The van der Waals surface area contributed by atoms with Gasteiger partial charge in [-0.15, -0.1) is 0 Å². The Morgan fingerprint density at radius 2 is 2.18 bits per heavy atom. The van der Waals surface area contributed by atoms with Gasteiger partial charge in [0.05, 0.1) is 11.8 Å². The van der Waals surface area contributed by atoms with Gasteiger partial charge in [-0.3, -0.25) is 9.48 Å². The molecule has 0 radical (unpaired) electrons. The molecule has 2 rings (SSSR count). The highest BCUT2D eigenvalue weighted by Crippen LogP contribution is 2.12. The molecule has 1 N–H and O–H groups in total. The van der Waals surface area contributed by atoms with Crippen LogP contribution in [0.5, 0.6) is 0 Å². The van der Waals surface area contributed by atoms with E-state index in [0.29, 0.717) is 5.82 Å². The average Bonchev–Trinajstić information content (AvgIpc) is 2.64. The van der Waals surface area contributed by atoms with Crippen molar-refractivity contribution in [1.29, 1.82) is 0 Å². The third-order valence-electron chi connectivity index (χ3n) is 2.43. The molecule has 1 aromatic carbocycles. The van der Waals surface area contributed by atoms with Gasteiger partial charge >= 0.3 is 0 Å². The van der Waals surface area contributed by atoms with Crippen molar-refractivity contribution >= 4 is 11.7 Å². The Bertz CT molecular complexity index is 563. The van der Waals surface area contributed by atoms with Gasteiger partial charge in [-0.1, -0.05) is 6.07 Å². The molecule has 1 heterocycles. The van der Waals surface area contributed by atoms with E-state index in [4.69, 9.17) is 0 Å². The number of carbonyl (C=O) groups excluding carboxylic acids is 1. The van der Waals surface area contributed by atoms with Crippen LogP contribution in [0.4, 0.5) is 10.2 Å². The maximum absolute atomic E-state index is 13.5. The van der Waals surface area contributed by atoms with E-state index in [1.54, 1.807) is 32.3 Å². The zero-order valence-corrected chi connectivity index (χ0v) is 9.57. The molecule has 0 unspecified atom stereocenters. The second-order valence-corrected chi connectivity index (χ2v) is 3.78. The fourth-order valence-electron chi connectivity index (χ4n) is 1.48. The molecule has 0 bridgehead atoms. The molecule has 4 nitrogen and oxygen atoms in total. The van der Waals surface area contributed by atoms with Crippen molar-refractivity contribution in [3.8, 4) is 0 Å². The number of nitrogens with zero attached hydrogens (tertiary/aromatic N) is 2. The largest absolute Gasteiger partial charge is 0.307 e. The molecule has 0 aliphatic heterocycles. The molecular formula is C12H12FN3O. The van der Waals surface area contributed by atoms with Crippen molar-refractivity contribution in [3.05, 3.63) is 47.4 Å². The molecule has 1 aromatic heterocycles.